The first-order valence-corrected chi connectivity index (χ1v) is 23.2. The third-order valence-electron chi connectivity index (χ3n) is 12.8. The number of aromatic nitrogens is 3. The minimum atomic E-state index is -3.85. The number of anilines is 2. The van der Waals surface area contributed by atoms with Crippen molar-refractivity contribution in [3.05, 3.63) is 259 Å². The van der Waals surface area contributed by atoms with Crippen LogP contribution in [0.1, 0.15) is 22.3 Å². The van der Waals surface area contributed by atoms with Crippen molar-refractivity contribution in [3.8, 4) is 56.2 Å². The van der Waals surface area contributed by atoms with E-state index in [1.54, 1.807) is 0 Å². The van der Waals surface area contributed by atoms with Crippen molar-refractivity contribution < 1.29 is 4.57 Å². The maximum Gasteiger partial charge on any atom is 0.270 e. The zero-order valence-corrected chi connectivity index (χ0v) is 35.6. The van der Waals surface area contributed by atoms with Crippen LogP contribution in [0.5, 0.6) is 0 Å². The van der Waals surface area contributed by atoms with Crippen LogP contribution < -0.4 is 15.5 Å². The van der Waals surface area contributed by atoms with Gasteiger partial charge in [0.15, 0.2) is 11.6 Å². The Hall–Kier alpha value is -7.98. The lowest BCUT2D eigenvalue weighted by atomic mass is 9.67. The Morgan fingerprint density at radius 2 is 0.844 bits per heavy atom. The van der Waals surface area contributed by atoms with Crippen LogP contribution in [0.4, 0.5) is 11.4 Å². The van der Waals surface area contributed by atoms with Gasteiger partial charge >= 0.3 is 0 Å². The number of fused-ring (bicyclic) bond motifs is 6. The normalized spacial score (nSPS) is 15.4. The van der Waals surface area contributed by atoms with E-state index in [0.29, 0.717) is 17.0 Å². The van der Waals surface area contributed by atoms with Crippen molar-refractivity contribution in [1.82, 2.24) is 15.0 Å². The summed E-state index contributed by atoms with van der Waals surface area (Å²) in [4.78, 5) is 15.2. The molecule has 1 atom stereocenters. The third-order valence-corrected chi connectivity index (χ3v) is 15.6. The van der Waals surface area contributed by atoms with Crippen molar-refractivity contribution in [2.75, 3.05) is 4.67 Å². The Kier molecular flexibility index (Phi) is 8.92. The number of hydrogen-bond donors (Lipinski definition) is 0. The van der Waals surface area contributed by atoms with Crippen LogP contribution in [0, 0.1) is 0 Å². The fraction of sp³-hybridized carbons (Fsp3) is 0.0172. The first-order chi connectivity index (χ1) is 31.6. The van der Waals surface area contributed by atoms with Gasteiger partial charge in [0.2, 0.25) is 5.57 Å². The number of hydrogen-bond acceptors (Lipinski definition) is 4. The van der Waals surface area contributed by atoms with Gasteiger partial charge in [-0.25, -0.2) is 15.0 Å². The molecule has 9 aromatic carbocycles. The average molecular weight is 839 g/mol. The van der Waals surface area contributed by atoms with Gasteiger partial charge in [0.05, 0.1) is 11.1 Å². The van der Waals surface area contributed by atoms with Gasteiger partial charge in [0.1, 0.15) is 0 Å². The molecular weight excluding hydrogens is 800 g/mol. The lowest BCUT2D eigenvalue weighted by Gasteiger charge is -2.39. The van der Waals surface area contributed by atoms with Crippen LogP contribution >= 0.6 is 7.29 Å². The molecule has 64 heavy (non-hydrogen) atoms. The van der Waals surface area contributed by atoms with Gasteiger partial charge in [-0.1, -0.05) is 200 Å². The molecule has 5 nitrogen and oxygen atoms in total. The van der Waals surface area contributed by atoms with Gasteiger partial charge in [0, 0.05) is 27.7 Å². The molecule has 302 valence electrons. The van der Waals surface area contributed by atoms with Gasteiger partial charge in [-0.2, -0.15) is 0 Å². The van der Waals surface area contributed by atoms with E-state index in [9.17, 15) is 0 Å². The van der Waals surface area contributed by atoms with E-state index in [1.165, 1.54) is 33.4 Å². The Labute approximate surface area is 372 Å². The summed E-state index contributed by atoms with van der Waals surface area (Å²) in [5, 5.41) is 0.672. The zero-order chi connectivity index (χ0) is 42.7. The molecule has 0 N–H and O–H groups in total. The molecule has 10 aromatic rings. The quantitative estimate of drug-likeness (QED) is 0.150. The fourth-order valence-corrected chi connectivity index (χ4v) is 12.8. The highest BCUT2D eigenvalue weighted by atomic mass is 31.2. The van der Waals surface area contributed by atoms with Crippen LogP contribution in [0.25, 0.3) is 56.2 Å². The summed E-state index contributed by atoms with van der Waals surface area (Å²) in [6, 6.07) is 81.9. The predicted octanol–water partition coefficient (Wildman–Crippen LogP) is 13.3. The van der Waals surface area contributed by atoms with Crippen LogP contribution in [-0.2, 0) is 9.98 Å². The topological polar surface area (TPSA) is 59.0 Å². The Bertz CT molecular complexity index is 3320. The molecule has 2 heterocycles. The summed E-state index contributed by atoms with van der Waals surface area (Å²) in [6.45, 7) is 0. The van der Waals surface area contributed by atoms with E-state index >= 15 is 4.57 Å². The number of nitrogens with zero attached hydrogens (tertiary/aromatic N) is 4. The van der Waals surface area contributed by atoms with Gasteiger partial charge in [-0.05, 0) is 86.5 Å². The molecule has 0 radical (unpaired) electrons. The molecule has 0 saturated heterocycles. The maximum atomic E-state index is 16.8. The minimum Gasteiger partial charge on any atom is -0.286 e. The van der Waals surface area contributed by atoms with E-state index in [4.69, 9.17) is 15.0 Å². The summed E-state index contributed by atoms with van der Waals surface area (Å²) in [5.41, 5.74) is 14.5. The second-order valence-corrected chi connectivity index (χ2v) is 18.7. The molecule has 12 rings (SSSR count). The highest BCUT2D eigenvalue weighted by molar-refractivity contribution is 7.80. The first kappa shape index (κ1) is 37.8. The van der Waals surface area contributed by atoms with Gasteiger partial charge in [0.25, 0.3) is 7.29 Å². The molecule has 0 spiro atoms. The van der Waals surface area contributed by atoms with Crippen molar-refractivity contribution in [3.63, 3.8) is 0 Å². The third kappa shape index (κ3) is 5.78. The van der Waals surface area contributed by atoms with Crippen LogP contribution in [-0.4, -0.2) is 15.0 Å². The fourth-order valence-electron chi connectivity index (χ4n) is 9.97. The lowest BCUT2D eigenvalue weighted by molar-refractivity contribution is 0.585. The maximum absolute atomic E-state index is 16.8. The molecule has 1 aliphatic heterocycles. The minimum absolute atomic E-state index is 0.226. The molecule has 2 aliphatic rings. The van der Waals surface area contributed by atoms with Gasteiger partial charge < -0.3 is 0 Å². The smallest absolute Gasteiger partial charge is 0.270 e. The summed E-state index contributed by atoms with van der Waals surface area (Å²) >= 11 is 0. The molecule has 0 fully saturated rings. The predicted molar refractivity (Wildman–Crippen MR) is 261 cm³/mol. The molecular formula is C58H39N4OP. The SMILES string of the molecule is O=P1(c2nc(-c3ccccc3)nc(-c3ccccc3)n2)c2ccccc2-c2cc(-c3ccc4c(c3)-c3ccccc3C4(c3ccccc3)c3ccccc3)ccc2N1c1ccccc1. The number of benzene rings is 9. The summed E-state index contributed by atoms with van der Waals surface area (Å²) in [7, 11) is -3.85. The molecule has 1 aliphatic carbocycles. The lowest BCUT2D eigenvalue weighted by Crippen LogP contribution is -2.37. The van der Waals surface area contributed by atoms with Gasteiger partial charge in [-0.15, -0.1) is 0 Å². The Balaban J connectivity index is 1.06. The van der Waals surface area contributed by atoms with Crippen molar-refractivity contribution in [1.29, 1.82) is 0 Å². The summed E-state index contributed by atoms with van der Waals surface area (Å²) in [6.07, 6.45) is 0. The highest BCUT2D eigenvalue weighted by Gasteiger charge is 2.47. The Morgan fingerprint density at radius 1 is 0.375 bits per heavy atom. The monoisotopic (exact) mass is 838 g/mol. The van der Waals surface area contributed by atoms with Crippen LogP contribution in [0.3, 0.4) is 0 Å². The first-order valence-electron chi connectivity index (χ1n) is 21.6. The molecule has 0 saturated carbocycles. The van der Waals surface area contributed by atoms with Crippen molar-refractivity contribution in [2.45, 2.75) is 5.41 Å². The highest BCUT2D eigenvalue weighted by Crippen LogP contribution is 2.61. The summed E-state index contributed by atoms with van der Waals surface area (Å²) < 4.78 is 18.8. The van der Waals surface area contributed by atoms with E-state index in [-0.39, 0.29) is 5.57 Å². The van der Waals surface area contributed by atoms with E-state index in [0.717, 1.165) is 44.8 Å². The average Bonchev–Trinajstić information content (AvgIpc) is 3.68. The number of rotatable bonds is 7. The molecule has 0 bridgehead atoms. The van der Waals surface area contributed by atoms with E-state index in [2.05, 4.69) is 127 Å². The zero-order valence-electron chi connectivity index (χ0n) is 34.7. The van der Waals surface area contributed by atoms with Crippen LogP contribution in [0.15, 0.2) is 237 Å². The number of para-hydroxylation sites is 1. The van der Waals surface area contributed by atoms with Gasteiger partial charge in [-0.3, -0.25) is 9.24 Å². The second-order valence-electron chi connectivity index (χ2n) is 16.3. The van der Waals surface area contributed by atoms with Crippen molar-refractivity contribution in [2.24, 2.45) is 0 Å². The Morgan fingerprint density at radius 3 is 1.45 bits per heavy atom. The largest absolute Gasteiger partial charge is 0.286 e. The second kappa shape index (κ2) is 15.1. The van der Waals surface area contributed by atoms with Crippen molar-refractivity contribution >= 4 is 29.5 Å². The standard InChI is InChI=1S/C58H39N4OP/c63-64(57-60-55(40-20-6-1-7-21-40)59-56(61-57)41-22-8-2-9-23-41)54-33-19-17-31-48(54)50-39-43(35-37-53(50)62(64)46-28-14-5-15-29-46)42-34-36-52-49(38-42)47-30-16-18-32-51(47)58(52,44-24-10-3-11-25-44)45-26-12-4-13-27-45/h1-39H. The summed E-state index contributed by atoms with van der Waals surface area (Å²) in [5.74, 6) is 0.932. The molecule has 0 amide bonds. The molecule has 6 heteroatoms. The van der Waals surface area contributed by atoms with E-state index < -0.39 is 12.7 Å². The molecule has 1 unspecified atom stereocenters. The van der Waals surface area contributed by atoms with Crippen LogP contribution in [0.2, 0.25) is 0 Å². The van der Waals surface area contributed by atoms with E-state index in [1.807, 2.05) is 114 Å². The molecule has 1 aromatic heterocycles.